The van der Waals surface area contributed by atoms with Gasteiger partial charge in [0, 0.05) is 26.6 Å². The number of carbonyl (C=O) groups is 2. The smallest absolute Gasteiger partial charge is 0.313 e. The van der Waals surface area contributed by atoms with Crippen molar-refractivity contribution in [2.45, 2.75) is 39.0 Å². The number of ether oxygens (including phenoxy) is 1. The zero-order valence-electron chi connectivity index (χ0n) is 14.7. The summed E-state index contributed by atoms with van der Waals surface area (Å²) in [4.78, 5) is 26.1. The third-order valence-electron chi connectivity index (χ3n) is 5.00. The minimum atomic E-state index is -0.978. The molecule has 1 amide bonds. The predicted molar refractivity (Wildman–Crippen MR) is 92.0 cm³/mol. The summed E-state index contributed by atoms with van der Waals surface area (Å²) < 4.78 is 5.12. The number of carboxylic acid groups (broad SMARTS) is 1. The molecule has 1 fully saturated rings. The lowest BCUT2D eigenvalue weighted by molar-refractivity contribution is -0.159. The predicted octanol–water partition coefficient (Wildman–Crippen LogP) is 2.83. The minimum absolute atomic E-state index is 0.0205. The van der Waals surface area contributed by atoms with E-state index in [4.69, 9.17) is 4.74 Å². The van der Waals surface area contributed by atoms with Crippen molar-refractivity contribution in [3.05, 3.63) is 35.4 Å². The Morgan fingerprint density at radius 1 is 1.38 bits per heavy atom. The molecule has 1 aliphatic rings. The van der Waals surface area contributed by atoms with Crippen LogP contribution >= 0.6 is 0 Å². The highest BCUT2D eigenvalue weighted by Crippen LogP contribution is 2.32. The lowest BCUT2D eigenvalue weighted by atomic mass is 9.80. The summed E-state index contributed by atoms with van der Waals surface area (Å²) in [5, 5.41) is 9.60. The third kappa shape index (κ3) is 3.96. The van der Waals surface area contributed by atoms with E-state index < -0.39 is 11.4 Å². The molecule has 1 N–H and O–H groups in total. The van der Waals surface area contributed by atoms with Crippen LogP contribution in [0.15, 0.2) is 24.3 Å². The van der Waals surface area contributed by atoms with Crippen molar-refractivity contribution in [2.75, 3.05) is 26.8 Å². The molecule has 0 spiro atoms. The second-order valence-corrected chi connectivity index (χ2v) is 6.90. The maximum atomic E-state index is 12.7. The monoisotopic (exact) mass is 333 g/mol. The highest BCUT2D eigenvalue weighted by atomic mass is 16.5. The molecule has 0 aliphatic carbocycles. The Morgan fingerprint density at radius 3 is 2.71 bits per heavy atom. The van der Waals surface area contributed by atoms with Gasteiger partial charge in [-0.3, -0.25) is 9.59 Å². The van der Waals surface area contributed by atoms with Crippen molar-refractivity contribution in [1.29, 1.82) is 0 Å². The van der Waals surface area contributed by atoms with Gasteiger partial charge in [0.05, 0.1) is 6.61 Å². The minimum Gasteiger partial charge on any atom is -0.481 e. The maximum absolute atomic E-state index is 12.7. The van der Waals surface area contributed by atoms with Gasteiger partial charge >= 0.3 is 5.97 Å². The van der Waals surface area contributed by atoms with Gasteiger partial charge in [0.2, 0.25) is 5.91 Å². The molecular formula is C19H27NO4. The SMILES string of the molecule is COC[C@]1(C(=O)O)CCCN(C(=O)C[C@@H](C)c2ccccc2C)C1. The number of hydrogen-bond donors (Lipinski definition) is 1. The van der Waals surface area contributed by atoms with Crippen molar-refractivity contribution in [2.24, 2.45) is 5.41 Å². The van der Waals surface area contributed by atoms with E-state index in [-0.39, 0.29) is 25.0 Å². The zero-order chi connectivity index (χ0) is 17.7. The first kappa shape index (κ1) is 18.5. The molecule has 1 saturated heterocycles. The normalized spacial score (nSPS) is 22.2. The van der Waals surface area contributed by atoms with Gasteiger partial charge in [-0.2, -0.15) is 0 Å². The number of benzene rings is 1. The van der Waals surface area contributed by atoms with E-state index in [1.807, 2.05) is 32.0 Å². The average molecular weight is 333 g/mol. The molecule has 0 saturated carbocycles. The summed E-state index contributed by atoms with van der Waals surface area (Å²) in [6, 6.07) is 8.07. The van der Waals surface area contributed by atoms with Crippen LogP contribution in [0, 0.1) is 12.3 Å². The lowest BCUT2D eigenvalue weighted by Crippen LogP contribution is -2.52. The van der Waals surface area contributed by atoms with Crippen LogP contribution < -0.4 is 0 Å². The number of hydrogen-bond acceptors (Lipinski definition) is 3. The fourth-order valence-corrected chi connectivity index (χ4v) is 3.62. The highest BCUT2D eigenvalue weighted by molar-refractivity contribution is 5.80. The van der Waals surface area contributed by atoms with Gasteiger partial charge in [0.1, 0.15) is 5.41 Å². The van der Waals surface area contributed by atoms with Crippen LogP contribution in [0.4, 0.5) is 0 Å². The highest BCUT2D eigenvalue weighted by Gasteiger charge is 2.43. The van der Waals surface area contributed by atoms with E-state index in [1.54, 1.807) is 4.90 Å². The van der Waals surface area contributed by atoms with Crippen LogP contribution in [0.5, 0.6) is 0 Å². The lowest BCUT2D eigenvalue weighted by Gasteiger charge is -2.39. The fraction of sp³-hybridized carbons (Fsp3) is 0.579. The van der Waals surface area contributed by atoms with Crippen molar-refractivity contribution >= 4 is 11.9 Å². The van der Waals surface area contributed by atoms with Crippen molar-refractivity contribution < 1.29 is 19.4 Å². The standard InChI is InChI=1S/C19H27NO4/c1-14-7-4-5-8-16(14)15(2)11-17(21)20-10-6-9-19(12-20,13-24-3)18(22)23/h4-5,7-8,15H,6,9-13H2,1-3H3,(H,22,23)/t15-,19+/m1/s1. The van der Waals surface area contributed by atoms with Gasteiger partial charge in [-0.05, 0) is 36.8 Å². The zero-order valence-corrected chi connectivity index (χ0v) is 14.7. The van der Waals surface area contributed by atoms with Crippen LogP contribution in [0.25, 0.3) is 0 Å². The molecule has 2 rings (SSSR count). The molecule has 1 aromatic rings. The number of carboxylic acids is 1. The van der Waals surface area contributed by atoms with E-state index in [1.165, 1.54) is 18.2 Å². The number of carbonyl (C=O) groups excluding carboxylic acids is 1. The van der Waals surface area contributed by atoms with Gasteiger partial charge < -0.3 is 14.7 Å². The molecule has 0 bridgehead atoms. The van der Waals surface area contributed by atoms with Gasteiger partial charge in [0.25, 0.3) is 0 Å². The molecule has 0 aromatic heterocycles. The van der Waals surface area contributed by atoms with Gasteiger partial charge in [0.15, 0.2) is 0 Å². The van der Waals surface area contributed by atoms with E-state index in [2.05, 4.69) is 6.07 Å². The Balaban J connectivity index is 2.06. The number of rotatable bonds is 6. The van der Waals surface area contributed by atoms with Gasteiger partial charge in [-0.1, -0.05) is 31.2 Å². The Bertz CT molecular complexity index is 597. The molecule has 0 unspecified atom stereocenters. The van der Waals surface area contributed by atoms with Crippen molar-refractivity contribution in [3.8, 4) is 0 Å². The third-order valence-corrected chi connectivity index (χ3v) is 5.00. The van der Waals surface area contributed by atoms with Crippen molar-refractivity contribution in [3.63, 3.8) is 0 Å². The average Bonchev–Trinajstić information content (AvgIpc) is 2.55. The molecule has 5 heteroatoms. The molecule has 132 valence electrons. The number of aryl methyl sites for hydroxylation is 1. The maximum Gasteiger partial charge on any atom is 0.313 e. The second-order valence-electron chi connectivity index (χ2n) is 6.90. The van der Waals surface area contributed by atoms with Crippen molar-refractivity contribution in [1.82, 2.24) is 4.90 Å². The van der Waals surface area contributed by atoms with Gasteiger partial charge in [-0.15, -0.1) is 0 Å². The quantitative estimate of drug-likeness (QED) is 0.869. The van der Waals surface area contributed by atoms with Gasteiger partial charge in [-0.25, -0.2) is 0 Å². The first-order valence-corrected chi connectivity index (χ1v) is 8.45. The van der Waals surface area contributed by atoms with E-state index in [9.17, 15) is 14.7 Å². The topological polar surface area (TPSA) is 66.8 Å². The molecule has 1 aromatic carbocycles. The summed E-state index contributed by atoms with van der Waals surface area (Å²) in [6.45, 7) is 5.09. The summed E-state index contributed by atoms with van der Waals surface area (Å²) >= 11 is 0. The fourth-order valence-electron chi connectivity index (χ4n) is 3.62. The first-order chi connectivity index (χ1) is 11.4. The number of nitrogens with zero attached hydrogens (tertiary/aromatic N) is 1. The Kier molecular flexibility index (Phi) is 5.99. The molecule has 24 heavy (non-hydrogen) atoms. The van der Waals surface area contributed by atoms with Crippen LogP contribution in [-0.2, 0) is 14.3 Å². The molecule has 2 atom stereocenters. The first-order valence-electron chi connectivity index (χ1n) is 8.45. The molecule has 0 radical (unpaired) electrons. The number of aliphatic carboxylic acids is 1. The molecular weight excluding hydrogens is 306 g/mol. The van der Waals surface area contributed by atoms with Crippen LogP contribution in [0.1, 0.15) is 43.2 Å². The van der Waals surface area contributed by atoms with E-state index in [0.717, 1.165) is 0 Å². The Hall–Kier alpha value is -1.88. The molecule has 1 aliphatic heterocycles. The van der Waals surface area contributed by atoms with Crippen LogP contribution in [0.2, 0.25) is 0 Å². The molecule has 5 nitrogen and oxygen atoms in total. The number of amides is 1. The molecule has 1 heterocycles. The number of piperidine rings is 1. The summed E-state index contributed by atoms with van der Waals surface area (Å²) in [5.74, 6) is -0.747. The summed E-state index contributed by atoms with van der Waals surface area (Å²) in [6.07, 6.45) is 1.64. The number of methoxy groups -OCH3 is 1. The van der Waals surface area contributed by atoms with Crippen LogP contribution in [-0.4, -0.2) is 48.7 Å². The number of likely N-dealkylation sites (tertiary alicyclic amines) is 1. The summed E-state index contributed by atoms with van der Waals surface area (Å²) in [7, 11) is 1.51. The Labute approximate surface area is 143 Å². The summed E-state index contributed by atoms with van der Waals surface area (Å²) in [5.41, 5.74) is 1.37. The van der Waals surface area contributed by atoms with E-state index in [0.29, 0.717) is 25.8 Å². The second kappa shape index (κ2) is 7.79. The largest absolute Gasteiger partial charge is 0.481 e. The van der Waals surface area contributed by atoms with E-state index >= 15 is 0 Å². The Morgan fingerprint density at radius 2 is 2.08 bits per heavy atom. The van der Waals surface area contributed by atoms with Crippen LogP contribution in [0.3, 0.4) is 0 Å².